The van der Waals surface area contributed by atoms with Crippen molar-refractivity contribution in [2.24, 2.45) is 0 Å². The number of carbonyl (C=O) groups is 1. The molecule has 0 aliphatic rings. The van der Waals surface area contributed by atoms with E-state index in [-0.39, 0.29) is 29.7 Å². The number of carbonyl (C=O) groups excluding carboxylic acids is 1. The lowest BCUT2D eigenvalue weighted by molar-refractivity contribution is -0.271. The highest BCUT2D eigenvalue weighted by Gasteiger charge is 2.57. The van der Waals surface area contributed by atoms with Gasteiger partial charge in [-0.05, 0) is 59.4 Å². The lowest BCUT2D eigenvalue weighted by atomic mass is 9.92. The molecule has 4 nitrogen and oxygen atoms in total. The van der Waals surface area contributed by atoms with Crippen LogP contribution in [0.2, 0.25) is 18.1 Å². The van der Waals surface area contributed by atoms with Crippen molar-refractivity contribution in [3.63, 3.8) is 0 Å². The molecule has 200 valence electrons. The highest BCUT2D eigenvalue weighted by atomic mass is 28.4. The SMILES string of the molecule is C[C@@H](CC(=O)O[C@@](C)(c1cccc(CO[Si](C)(C)C(C)(C)C)n1)C(F)(F)F)c1cccc2ccccc12. The maximum atomic E-state index is 14.3. The van der Waals surface area contributed by atoms with Gasteiger partial charge in [-0.15, -0.1) is 0 Å². The van der Waals surface area contributed by atoms with Crippen molar-refractivity contribution in [1.29, 1.82) is 0 Å². The van der Waals surface area contributed by atoms with E-state index in [1.807, 2.05) is 49.4 Å². The fraction of sp³-hybridized carbons (Fsp3) is 0.448. The van der Waals surface area contributed by atoms with Crippen LogP contribution in [0.3, 0.4) is 0 Å². The summed E-state index contributed by atoms with van der Waals surface area (Å²) in [6, 6.07) is 17.8. The molecule has 0 radical (unpaired) electrons. The number of aromatic nitrogens is 1. The quantitative estimate of drug-likeness (QED) is 0.217. The van der Waals surface area contributed by atoms with Crippen molar-refractivity contribution in [2.75, 3.05) is 0 Å². The first kappa shape index (κ1) is 28.9. The van der Waals surface area contributed by atoms with Crippen LogP contribution >= 0.6 is 0 Å². The Morgan fingerprint density at radius 2 is 1.57 bits per heavy atom. The highest BCUT2D eigenvalue weighted by Crippen LogP contribution is 2.42. The summed E-state index contributed by atoms with van der Waals surface area (Å²) in [6.07, 6.45) is -5.06. The van der Waals surface area contributed by atoms with Crippen LogP contribution in [0.15, 0.2) is 60.7 Å². The molecule has 0 saturated heterocycles. The number of hydrogen-bond donors (Lipinski definition) is 0. The fourth-order valence-corrected chi connectivity index (χ4v) is 4.80. The van der Waals surface area contributed by atoms with Crippen molar-refractivity contribution in [2.45, 2.75) is 83.5 Å². The maximum absolute atomic E-state index is 14.3. The number of benzene rings is 2. The van der Waals surface area contributed by atoms with Gasteiger partial charge in [0, 0.05) is 0 Å². The van der Waals surface area contributed by atoms with Crippen LogP contribution in [0.4, 0.5) is 13.2 Å². The molecular weight excluding hydrogens is 495 g/mol. The summed E-state index contributed by atoms with van der Waals surface area (Å²) in [5, 5.41) is 1.91. The second-order valence-electron chi connectivity index (χ2n) is 11.2. The molecule has 0 saturated carbocycles. The zero-order valence-electron chi connectivity index (χ0n) is 22.6. The third-order valence-electron chi connectivity index (χ3n) is 7.37. The highest BCUT2D eigenvalue weighted by molar-refractivity contribution is 6.74. The molecule has 2 atom stereocenters. The van der Waals surface area contributed by atoms with Crippen LogP contribution in [0.25, 0.3) is 10.8 Å². The third kappa shape index (κ3) is 6.41. The minimum absolute atomic E-state index is 0.0542. The molecule has 1 aromatic heterocycles. The molecule has 0 bridgehead atoms. The summed E-state index contributed by atoms with van der Waals surface area (Å²) in [6.45, 7) is 13.1. The van der Waals surface area contributed by atoms with Crippen LogP contribution in [-0.2, 0) is 26.2 Å². The van der Waals surface area contributed by atoms with Gasteiger partial charge >= 0.3 is 12.1 Å². The Morgan fingerprint density at radius 3 is 2.22 bits per heavy atom. The molecule has 0 amide bonds. The van der Waals surface area contributed by atoms with E-state index in [2.05, 4.69) is 38.8 Å². The van der Waals surface area contributed by atoms with Gasteiger partial charge in [0.1, 0.15) is 0 Å². The Labute approximate surface area is 218 Å². The molecule has 2 aromatic carbocycles. The summed E-state index contributed by atoms with van der Waals surface area (Å²) in [5.41, 5.74) is -2.03. The minimum atomic E-state index is -4.86. The summed E-state index contributed by atoms with van der Waals surface area (Å²) >= 11 is 0. The van der Waals surface area contributed by atoms with E-state index in [9.17, 15) is 18.0 Å². The maximum Gasteiger partial charge on any atom is 0.434 e. The van der Waals surface area contributed by atoms with Crippen LogP contribution in [0.5, 0.6) is 0 Å². The molecule has 0 aliphatic heterocycles. The standard InChI is InChI=1S/C29H36F3NO3Si/c1-20(23-16-10-13-21-12-8-9-15-24(21)23)18-26(34)36-28(5,29(30,31)32)25-17-11-14-22(33-25)19-35-37(6,7)27(2,3)4/h8-17,20H,18-19H2,1-7H3/t20-,28-/m0/s1. The summed E-state index contributed by atoms with van der Waals surface area (Å²) in [5.74, 6) is -1.28. The van der Waals surface area contributed by atoms with E-state index in [1.165, 1.54) is 12.1 Å². The second kappa shape index (κ2) is 10.6. The average Bonchev–Trinajstić information content (AvgIpc) is 2.81. The van der Waals surface area contributed by atoms with Crippen molar-refractivity contribution in [3.05, 3.63) is 77.6 Å². The third-order valence-corrected chi connectivity index (χ3v) is 11.8. The minimum Gasteiger partial charge on any atom is -0.443 e. The molecular formula is C29H36F3NO3Si. The van der Waals surface area contributed by atoms with Crippen molar-refractivity contribution >= 4 is 25.1 Å². The molecule has 0 fully saturated rings. The first-order valence-corrected chi connectivity index (χ1v) is 15.3. The number of alkyl halides is 3. The van der Waals surface area contributed by atoms with E-state index in [0.29, 0.717) is 5.69 Å². The zero-order valence-corrected chi connectivity index (χ0v) is 23.6. The first-order chi connectivity index (χ1) is 17.0. The van der Waals surface area contributed by atoms with Gasteiger partial charge in [-0.2, -0.15) is 13.2 Å². The van der Waals surface area contributed by atoms with Gasteiger partial charge in [-0.25, -0.2) is 0 Å². The van der Waals surface area contributed by atoms with Gasteiger partial charge in [0.15, 0.2) is 8.32 Å². The van der Waals surface area contributed by atoms with Gasteiger partial charge in [-0.1, -0.05) is 76.2 Å². The predicted octanol–water partition coefficient (Wildman–Crippen LogP) is 8.27. The Kier molecular flexibility index (Phi) is 8.24. The lowest BCUT2D eigenvalue weighted by Crippen LogP contribution is -2.44. The molecule has 3 aromatic rings. The van der Waals surface area contributed by atoms with E-state index in [0.717, 1.165) is 23.3 Å². The zero-order chi connectivity index (χ0) is 27.6. The van der Waals surface area contributed by atoms with Gasteiger partial charge in [0.05, 0.1) is 24.4 Å². The predicted molar refractivity (Wildman–Crippen MR) is 143 cm³/mol. The van der Waals surface area contributed by atoms with Crippen LogP contribution in [-0.4, -0.2) is 25.4 Å². The largest absolute Gasteiger partial charge is 0.443 e. The second-order valence-corrected chi connectivity index (χ2v) is 16.1. The molecule has 0 unspecified atom stereocenters. The number of rotatable bonds is 8. The van der Waals surface area contributed by atoms with Crippen LogP contribution in [0.1, 0.15) is 63.9 Å². The molecule has 0 spiro atoms. The fourth-order valence-electron chi connectivity index (χ4n) is 3.86. The Balaban J connectivity index is 1.82. The van der Waals surface area contributed by atoms with Gasteiger partial charge in [0.25, 0.3) is 0 Å². The lowest BCUT2D eigenvalue weighted by Gasteiger charge is -2.36. The van der Waals surface area contributed by atoms with Crippen molar-refractivity contribution < 1.29 is 27.1 Å². The number of pyridine rings is 1. The summed E-state index contributed by atoms with van der Waals surface area (Å²) in [7, 11) is -2.13. The Bertz CT molecular complexity index is 1250. The van der Waals surface area contributed by atoms with Crippen molar-refractivity contribution in [3.8, 4) is 0 Å². The number of nitrogens with zero attached hydrogens (tertiary/aromatic N) is 1. The number of ether oxygens (including phenoxy) is 1. The van der Waals surface area contributed by atoms with Crippen LogP contribution in [0, 0.1) is 0 Å². The van der Waals surface area contributed by atoms with Crippen molar-refractivity contribution in [1.82, 2.24) is 4.98 Å². The number of fused-ring (bicyclic) bond motifs is 1. The average molecular weight is 532 g/mol. The van der Waals surface area contributed by atoms with E-state index in [4.69, 9.17) is 9.16 Å². The van der Waals surface area contributed by atoms with Crippen LogP contribution < -0.4 is 0 Å². The Morgan fingerprint density at radius 1 is 0.946 bits per heavy atom. The van der Waals surface area contributed by atoms with E-state index >= 15 is 0 Å². The monoisotopic (exact) mass is 531 g/mol. The normalized spacial score (nSPS) is 15.3. The Hall–Kier alpha value is -2.71. The number of halogens is 3. The van der Waals surface area contributed by atoms with Gasteiger partial charge in [0.2, 0.25) is 5.60 Å². The molecule has 0 N–H and O–H groups in total. The van der Waals surface area contributed by atoms with Gasteiger partial charge < -0.3 is 9.16 Å². The molecule has 8 heteroatoms. The molecule has 0 aliphatic carbocycles. The number of hydrogen-bond acceptors (Lipinski definition) is 4. The molecule has 1 heterocycles. The van der Waals surface area contributed by atoms with Gasteiger partial charge in [-0.3, -0.25) is 9.78 Å². The molecule has 3 rings (SSSR count). The summed E-state index contributed by atoms with van der Waals surface area (Å²) in [4.78, 5) is 17.1. The van der Waals surface area contributed by atoms with E-state index in [1.54, 1.807) is 6.07 Å². The molecule has 37 heavy (non-hydrogen) atoms. The topological polar surface area (TPSA) is 48.4 Å². The first-order valence-electron chi connectivity index (χ1n) is 12.4. The smallest absolute Gasteiger partial charge is 0.434 e. The number of esters is 1. The summed E-state index contributed by atoms with van der Waals surface area (Å²) < 4.78 is 54.3. The van der Waals surface area contributed by atoms with E-state index < -0.39 is 26.1 Å².